The third-order valence-corrected chi connectivity index (χ3v) is 18.3. The molecule has 0 radical (unpaired) electrons. The molecule has 2 aliphatic heterocycles. The van der Waals surface area contributed by atoms with Gasteiger partial charge in [-0.05, 0) is 90.6 Å². The first kappa shape index (κ1) is 51.7. The topological polar surface area (TPSA) is 136 Å². The van der Waals surface area contributed by atoms with E-state index in [-0.39, 0.29) is 47.1 Å². The Kier molecular flexibility index (Phi) is 18.2. The van der Waals surface area contributed by atoms with Crippen molar-refractivity contribution < 1.29 is 28.6 Å². The van der Waals surface area contributed by atoms with E-state index in [1.54, 1.807) is 59.5 Å². The number of ether oxygens (including phenoxy) is 2. The van der Waals surface area contributed by atoms with Gasteiger partial charge in [0.2, 0.25) is 0 Å². The average molecular weight is 981 g/mol. The zero-order chi connectivity index (χ0) is 47.6. The number of para-hydroxylation sites is 2. The summed E-state index contributed by atoms with van der Waals surface area (Å²) in [5.41, 5.74) is 3.46. The summed E-state index contributed by atoms with van der Waals surface area (Å²) in [7, 11) is -1.92. The zero-order valence-electron chi connectivity index (χ0n) is 38.1. The monoisotopic (exact) mass is 978 g/mol. The van der Waals surface area contributed by atoms with Crippen molar-refractivity contribution in [3.05, 3.63) is 126 Å². The lowest BCUT2D eigenvalue weighted by Gasteiger charge is -2.37. The fourth-order valence-electron chi connectivity index (χ4n) is 7.65. The quantitative estimate of drug-likeness (QED) is 0.139. The van der Waals surface area contributed by atoms with Crippen LogP contribution < -0.4 is 9.47 Å². The van der Waals surface area contributed by atoms with Crippen molar-refractivity contribution in [2.45, 2.75) is 77.4 Å². The van der Waals surface area contributed by atoms with Crippen LogP contribution in [0, 0.1) is 34.5 Å². The van der Waals surface area contributed by atoms with Gasteiger partial charge in [-0.3, -0.25) is 9.59 Å². The summed E-state index contributed by atoms with van der Waals surface area (Å²) in [6, 6.07) is 25.5. The highest BCUT2D eigenvalue weighted by atomic mass is 35.5. The lowest BCUT2D eigenvalue weighted by Crippen LogP contribution is -2.42. The van der Waals surface area contributed by atoms with Crippen LogP contribution in [0.5, 0.6) is 11.5 Å². The summed E-state index contributed by atoms with van der Waals surface area (Å²) in [5, 5.41) is 30.5. The van der Waals surface area contributed by atoms with Crippen molar-refractivity contribution in [1.82, 2.24) is 9.80 Å². The number of nitrogens with zero attached hydrogens (tertiary/aromatic N) is 4. The predicted molar refractivity (Wildman–Crippen MR) is 261 cm³/mol. The molecule has 4 atom stereocenters. The number of fused-ring (bicyclic) bond motifs is 2. The molecule has 0 aromatic heterocycles. The SMILES string of the molecule is C[C@H]1COc2c(C#N)cccc2C(=O)N(C[C@@H](CCO)c2ccc(Cl)c(Cl)c2)C1.C[C@H]1COc2c(C#N)cccc2C(=O)N(C[C@@H](CCO[Si](C)(C)C(C)(C)C)c2ccc(Cl)c(Cl)c2)C1. The standard InChI is InChI=1S/C28H36Cl2N2O3Si.C22H22Cl2N2O3/c1-19-16-32(27(33)23-9-7-8-21(15-31)26(23)34-18-19)17-22(20-10-11-24(29)25(30)14-20)12-13-35-36(5,6)28(2,3)4;1-14-11-26(12-17(7-8-27)15-5-6-19(23)20(24)9-15)22(28)18-4-2-3-16(10-25)21(18)29-13-14/h7-11,14,19,22H,12-13,16-18H2,1-6H3;2-6,9,14,17,27H,7-8,11-13H2,1H3/t19-,22-;14-,17-/m11/s1. The van der Waals surface area contributed by atoms with Gasteiger partial charge in [-0.15, -0.1) is 0 Å². The molecule has 0 unspecified atom stereocenters. The van der Waals surface area contributed by atoms with Gasteiger partial charge in [0.1, 0.15) is 23.6 Å². The van der Waals surface area contributed by atoms with Gasteiger partial charge in [0.05, 0.1) is 55.6 Å². The maximum Gasteiger partial charge on any atom is 0.257 e. The van der Waals surface area contributed by atoms with E-state index in [4.69, 9.17) is 60.3 Å². The second-order valence-electron chi connectivity index (χ2n) is 18.5. The lowest BCUT2D eigenvalue weighted by molar-refractivity contribution is 0.0657. The van der Waals surface area contributed by atoms with Gasteiger partial charge in [0, 0.05) is 63.1 Å². The number of aliphatic hydroxyl groups excluding tert-OH is 1. The molecule has 2 heterocycles. The number of hydrogen-bond acceptors (Lipinski definition) is 8. The Morgan fingerprint density at radius 2 is 1.15 bits per heavy atom. The summed E-state index contributed by atoms with van der Waals surface area (Å²) < 4.78 is 18.2. The van der Waals surface area contributed by atoms with Crippen LogP contribution in [0.1, 0.15) is 102 Å². The van der Waals surface area contributed by atoms with Gasteiger partial charge in [-0.2, -0.15) is 10.5 Å². The van der Waals surface area contributed by atoms with E-state index < -0.39 is 8.32 Å². The molecule has 2 aliphatic rings. The molecule has 2 amide bonds. The molecule has 0 spiro atoms. The highest BCUT2D eigenvalue weighted by Gasteiger charge is 2.37. The number of rotatable bonds is 12. The molecular weight excluding hydrogens is 922 g/mol. The van der Waals surface area contributed by atoms with Gasteiger partial charge in [-0.25, -0.2) is 0 Å². The molecule has 346 valence electrons. The molecule has 0 saturated carbocycles. The second-order valence-corrected chi connectivity index (χ2v) is 24.9. The predicted octanol–water partition coefficient (Wildman–Crippen LogP) is 12.0. The number of carbonyl (C=O) groups is 2. The fourth-order valence-corrected chi connectivity index (χ4v) is 9.32. The number of benzene rings is 4. The molecule has 6 rings (SSSR count). The number of hydrogen-bond donors (Lipinski definition) is 1. The number of aliphatic hydroxyl groups is 1. The van der Waals surface area contributed by atoms with Crippen LogP contribution in [-0.2, 0) is 4.43 Å². The minimum absolute atomic E-state index is 0.00336. The van der Waals surface area contributed by atoms with Crippen LogP contribution in [0.3, 0.4) is 0 Å². The van der Waals surface area contributed by atoms with Crippen molar-refractivity contribution in [3.8, 4) is 23.6 Å². The normalized spacial score (nSPS) is 17.5. The van der Waals surface area contributed by atoms with E-state index in [1.807, 2.05) is 30.0 Å². The average Bonchev–Trinajstić information content (AvgIpc) is 3.26. The Morgan fingerprint density at radius 1 is 0.723 bits per heavy atom. The highest BCUT2D eigenvalue weighted by molar-refractivity contribution is 6.74. The maximum absolute atomic E-state index is 13.7. The molecule has 0 fully saturated rings. The Balaban J connectivity index is 0.000000250. The fraction of sp³-hybridized carbons (Fsp3) is 0.440. The second kappa shape index (κ2) is 22.9. The van der Waals surface area contributed by atoms with E-state index in [1.165, 1.54) is 0 Å². The molecule has 65 heavy (non-hydrogen) atoms. The third-order valence-electron chi connectivity index (χ3n) is 12.3. The van der Waals surface area contributed by atoms with Crippen LogP contribution in [0.25, 0.3) is 0 Å². The zero-order valence-corrected chi connectivity index (χ0v) is 42.1. The van der Waals surface area contributed by atoms with Crippen molar-refractivity contribution >= 4 is 66.5 Å². The summed E-state index contributed by atoms with van der Waals surface area (Å²) in [6.07, 6.45) is 1.22. The van der Waals surface area contributed by atoms with Crippen molar-refractivity contribution in [2.75, 3.05) is 52.6 Å². The highest BCUT2D eigenvalue weighted by Crippen LogP contribution is 2.38. The number of halogens is 4. The van der Waals surface area contributed by atoms with Crippen LogP contribution in [0.2, 0.25) is 38.2 Å². The van der Waals surface area contributed by atoms with E-state index in [9.17, 15) is 25.2 Å². The van der Waals surface area contributed by atoms with Crippen molar-refractivity contribution in [3.63, 3.8) is 0 Å². The molecule has 1 N–H and O–H groups in total. The van der Waals surface area contributed by atoms with E-state index >= 15 is 0 Å². The number of carbonyl (C=O) groups excluding carboxylic acids is 2. The van der Waals surface area contributed by atoms with Crippen LogP contribution >= 0.6 is 46.4 Å². The molecule has 0 aliphatic carbocycles. The van der Waals surface area contributed by atoms with Gasteiger partial charge in [-0.1, -0.05) is 105 Å². The van der Waals surface area contributed by atoms with Gasteiger partial charge < -0.3 is 28.8 Å². The van der Waals surface area contributed by atoms with Gasteiger partial charge in [0.25, 0.3) is 11.8 Å². The van der Waals surface area contributed by atoms with Crippen molar-refractivity contribution in [1.29, 1.82) is 10.5 Å². The Hall–Kier alpha value is -4.30. The molecule has 4 aromatic rings. The third kappa shape index (κ3) is 13.2. The molecule has 0 bridgehead atoms. The van der Waals surface area contributed by atoms with E-state index in [0.717, 1.165) is 17.5 Å². The van der Waals surface area contributed by atoms with Gasteiger partial charge in [0.15, 0.2) is 8.32 Å². The smallest absolute Gasteiger partial charge is 0.257 e. The first-order valence-electron chi connectivity index (χ1n) is 21.8. The summed E-state index contributed by atoms with van der Waals surface area (Å²) >= 11 is 24.8. The first-order chi connectivity index (χ1) is 30.8. The molecule has 15 heteroatoms. The lowest BCUT2D eigenvalue weighted by atomic mass is 9.94. The van der Waals surface area contributed by atoms with Crippen molar-refractivity contribution in [2.24, 2.45) is 11.8 Å². The van der Waals surface area contributed by atoms with Gasteiger partial charge >= 0.3 is 0 Å². The number of nitriles is 2. The summed E-state index contributed by atoms with van der Waals surface area (Å²) in [6.45, 7) is 18.6. The minimum atomic E-state index is -1.92. The van der Waals surface area contributed by atoms with Crippen LogP contribution in [0.15, 0.2) is 72.8 Å². The summed E-state index contributed by atoms with van der Waals surface area (Å²) in [4.78, 5) is 30.7. The Bertz CT molecular complexity index is 2410. The van der Waals surface area contributed by atoms with Crippen LogP contribution in [0.4, 0.5) is 0 Å². The van der Waals surface area contributed by atoms with E-state index in [2.05, 4.69) is 52.9 Å². The summed E-state index contributed by atoms with van der Waals surface area (Å²) in [5.74, 6) is 0.473. The largest absolute Gasteiger partial charge is 0.491 e. The van der Waals surface area contributed by atoms with Crippen LogP contribution in [-0.4, -0.2) is 87.6 Å². The maximum atomic E-state index is 13.7. The molecule has 10 nitrogen and oxygen atoms in total. The number of amides is 2. The van der Waals surface area contributed by atoms with E-state index in [0.29, 0.717) is 106 Å². The minimum Gasteiger partial charge on any atom is -0.491 e. The molecular formula is C50H58Cl4N4O6Si. The first-order valence-corrected chi connectivity index (χ1v) is 26.3. The Labute approximate surface area is 405 Å². The molecule has 0 saturated heterocycles. The molecule has 4 aromatic carbocycles. The Morgan fingerprint density at radius 3 is 1.54 bits per heavy atom.